The number of amides is 1. The van der Waals surface area contributed by atoms with Gasteiger partial charge in [0.15, 0.2) is 11.6 Å². The van der Waals surface area contributed by atoms with Crippen molar-refractivity contribution in [3.05, 3.63) is 54.4 Å². The Morgan fingerprint density at radius 3 is 2.81 bits per heavy atom. The van der Waals surface area contributed by atoms with E-state index in [1.54, 1.807) is 16.5 Å². The second-order valence-corrected chi connectivity index (χ2v) is 8.32. The van der Waals surface area contributed by atoms with Gasteiger partial charge in [-0.25, -0.2) is 9.50 Å². The van der Waals surface area contributed by atoms with Crippen LogP contribution in [-0.2, 0) is 4.79 Å². The summed E-state index contributed by atoms with van der Waals surface area (Å²) in [5.41, 5.74) is 2.50. The van der Waals surface area contributed by atoms with Crippen LogP contribution in [0.25, 0.3) is 5.52 Å². The number of aromatic nitrogens is 5. The first kappa shape index (κ1) is 21.8. The van der Waals surface area contributed by atoms with Crippen molar-refractivity contribution in [1.82, 2.24) is 29.7 Å². The zero-order valence-electron chi connectivity index (χ0n) is 17.7. The standard InChI is InChI=1S/C21H24N8O2S/c1-14-12-18(26-25-14)23-20-17-4-3-9-29(17)27-21(24-20)32-16-7-5-15(6-8-16)22-19(31)13-28(2)10-11-30/h3-9,12,30H,10-11,13H2,1-2H3,(H,22,31)(H2,23,24,25,26,27). The third-order valence-electron chi connectivity index (χ3n) is 4.57. The van der Waals surface area contributed by atoms with Gasteiger partial charge in [0, 0.05) is 35.1 Å². The molecule has 1 amide bonds. The number of anilines is 3. The molecule has 4 aromatic rings. The van der Waals surface area contributed by atoms with Crippen molar-refractivity contribution in [3.8, 4) is 0 Å². The molecule has 0 aliphatic heterocycles. The molecule has 0 bridgehead atoms. The summed E-state index contributed by atoms with van der Waals surface area (Å²) in [5, 5.41) is 27.3. The number of H-pyrrole nitrogens is 1. The number of hydrogen-bond donors (Lipinski definition) is 4. The lowest BCUT2D eigenvalue weighted by atomic mass is 10.3. The van der Waals surface area contributed by atoms with Crippen LogP contribution in [0.4, 0.5) is 17.3 Å². The molecule has 3 aromatic heterocycles. The van der Waals surface area contributed by atoms with Crippen LogP contribution in [0.3, 0.4) is 0 Å². The quantitative estimate of drug-likeness (QED) is 0.305. The minimum Gasteiger partial charge on any atom is -0.395 e. The van der Waals surface area contributed by atoms with Crippen LogP contribution in [0.2, 0.25) is 0 Å². The average Bonchev–Trinajstić information content (AvgIpc) is 3.38. The number of carbonyl (C=O) groups excluding carboxylic acids is 1. The molecule has 4 N–H and O–H groups in total. The van der Waals surface area contributed by atoms with Gasteiger partial charge >= 0.3 is 0 Å². The summed E-state index contributed by atoms with van der Waals surface area (Å²) in [6.45, 7) is 2.62. The summed E-state index contributed by atoms with van der Waals surface area (Å²) >= 11 is 1.42. The summed E-state index contributed by atoms with van der Waals surface area (Å²) in [6, 6.07) is 13.2. The van der Waals surface area contributed by atoms with E-state index in [0.29, 0.717) is 29.0 Å². The third-order valence-corrected chi connectivity index (χ3v) is 5.43. The summed E-state index contributed by atoms with van der Waals surface area (Å²) < 4.78 is 1.77. The Labute approximate surface area is 189 Å². The normalized spacial score (nSPS) is 11.2. The lowest BCUT2D eigenvalue weighted by Gasteiger charge is -2.14. The first-order chi connectivity index (χ1) is 15.5. The highest BCUT2D eigenvalue weighted by molar-refractivity contribution is 7.99. The van der Waals surface area contributed by atoms with Gasteiger partial charge in [-0.2, -0.15) is 5.10 Å². The lowest BCUT2D eigenvalue weighted by Crippen LogP contribution is -2.32. The number of aliphatic hydroxyl groups excluding tert-OH is 1. The molecule has 0 aliphatic carbocycles. The van der Waals surface area contributed by atoms with Gasteiger partial charge in [-0.05, 0) is 62.1 Å². The van der Waals surface area contributed by atoms with E-state index in [0.717, 1.165) is 16.1 Å². The summed E-state index contributed by atoms with van der Waals surface area (Å²) in [7, 11) is 1.79. The van der Waals surface area contributed by atoms with Gasteiger partial charge in [0.25, 0.3) is 0 Å². The number of rotatable bonds is 9. The van der Waals surface area contributed by atoms with Crippen molar-refractivity contribution in [2.75, 3.05) is 37.4 Å². The van der Waals surface area contributed by atoms with Crippen LogP contribution >= 0.6 is 11.8 Å². The van der Waals surface area contributed by atoms with E-state index in [4.69, 9.17) is 5.11 Å². The highest BCUT2D eigenvalue weighted by Crippen LogP contribution is 2.28. The number of aromatic amines is 1. The fourth-order valence-electron chi connectivity index (χ4n) is 3.06. The van der Waals surface area contributed by atoms with Gasteiger partial charge in [0.1, 0.15) is 5.52 Å². The number of nitrogens with zero attached hydrogens (tertiary/aromatic N) is 5. The predicted molar refractivity (Wildman–Crippen MR) is 123 cm³/mol. The van der Waals surface area contributed by atoms with E-state index < -0.39 is 0 Å². The molecule has 10 nitrogen and oxygen atoms in total. The van der Waals surface area contributed by atoms with E-state index in [1.807, 2.05) is 55.6 Å². The molecule has 3 heterocycles. The molecule has 0 unspecified atom stereocenters. The Morgan fingerprint density at radius 1 is 1.28 bits per heavy atom. The van der Waals surface area contributed by atoms with Crippen molar-refractivity contribution in [2.45, 2.75) is 17.0 Å². The van der Waals surface area contributed by atoms with Gasteiger partial charge in [-0.3, -0.25) is 14.8 Å². The van der Waals surface area contributed by atoms with Gasteiger partial charge < -0.3 is 15.7 Å². The van der Waals surface area contributed by atoms with Crippen molar-refractivity contribution < 1.29 is 9.90 Å². The maximum absolute atomic E-state index is 12.1. The third kappa shape index (κ3) is 5.44. The SMILES string of the molecule is Cc1cc(Nc2nc(Sc3ccc(NC(=O)CN(C)CCO)cc3)nn3cccc23)n[nH]1. The predicted octanol–water partition coefficient (Wildman–Crippen LogP) is 2.52. The number of fused-ring (bicyclic) bond motifs is 1. The van der Waals surface area contributed by atoms with E-state index in [-0.39, 0.29) is 19.1 Å². The van der Waals surface area contributed by atoms with Crippen molar-refractivity contribution >= 4 is 40.5 Å². The summed E-state index contributed by atoms with van der Waals surface area (Å²) in [6.07, 6.45) is 1.87. The van der Waals surface area contributed by atoms with Crippen LogP contribution in [-0.4, -0.2) is 67.5 Å². The number of nitrogens with one attached hydrogen (secondary N) is 3. The highest BCUT2D eigenvalue weighted by atomic mass is 32.2. The molecule has 166 valence electrons. The van der Waals surface area contributed by atoms with Crippen molar-refractivity contribution in [1.29, 1.82) is 0 Å². The second-order valence-electron chi connectivity index (χ2n) is 7.28. The number of aliphatic hydroxyl groups is 1. The number of hydrogen-bond acceptors (Lipinski definition) is 8. The molecular formula is C21H24N8O2S. The molecule has 0 fully saturated rings. The largest absolute Gasteiger partial charge is 0.395 e. The Hall–Kier alpha value is -3.41. The number of likely N-dealkylation sites (N-methyl/N-ethyl adjacent to an activating group) is 1. The monoisotopic (exact) mass is 452 g/mol. The number of carbonyl (C=O) groups is 1. The average molecular weight is 453 g/mol. The van der Waals surface area contributed by atoms with E-state index in [2.05, 4.69) is 30.9 Å². The maximum atomic E-state index is 12.1. The Kier molecular flexibility index (Phi) is 6.69. The molecular weight excluding hydrogens is 428 g/mol. The van der Waals surface area contributed by atoms with Gasteiger partial charge in [-0.15, -0.1) is 5.10 Å². The van der Waals surface area contributed by atoms with Crippen LogP contribution in [0.1, 0.15) is 5.69 Å². The van der Waals surface area contributed by atoms with Crippen LogP contribution in [0.5, 0.6) is 0 Å². The highest BCUT2D eigenvalue weighted by Gasteiger charge is 2.11. The molecule has 0 spiro atoms. The fourth-order valence-corrected chi connectivity index (χ4v) is 3.81. The van der Waals surface area contributed by atoms with Crippen molar-refractivity contribution in [2.24, 2.45) is 0 Å². The van der Waals surface area contributed by atoms with Gasteiger partial charge in [0.05, 0.1) is 13.2 Å². The summed E-state index contributed by atoms with van der Waals surface area (Å²) in [5.74, 6) is 1.21. The molecule has 0 radical (unpaired) electrons. The van der Waals surface area contributed by atoms with Gasteiger partial charge in [-0.1, -0.05) is 0 Å². The van der Waals surface area contributed by atoms with Crippen LogP contribution in [0, 0.1) is 6.92 Å². The summed E-state index contributed by atoms with van der Waals surface area (Å²) in [4.78, 5) is 19.4. The minimum absolute atomic E-state index is 0.0190. The zero-order chi connectivity index (χ0) is 22.5. The van der Waals surface area contributed by atoms with E-state index in [9.17, 15) is 4.79 Å². The van der Waals surface area contributed by atoms with Crippen LogP contribution in [0.15, 0.2) is 58.7 Å². The Bertz CT molecular complexity index is 1200. The second kappa shape index (κ2) is 9.81. The molecule has 11 heteroatoms. The lowest BCUT2D eigenvalue weighted by molar-refractivity contribution is -0.117. The minimum atomic E-state index is -0.132. The molecule has 1 aromatic carbocycles. The molecule has 32 heavy (non-hydrogen) atoms. The van der Waals surface area contributed by atoms with Gasteiger partial charge in [0.2, 0.25) is 11.1 Å². The van der Waals surface area contributed by atoms with Crippen LogP contribution < -0.4 is 10.6 Å². The number of benzene rings is 1. The zero-order valence-corrected chi connectivity index (χ0v) is 18.6. The topological polar surface area (TPSA) is 123 Å². The maximum Gasteiger partial charge on any atom is 0.238 e. The first-order valence-electron chi connectivity index (χ1n) is 10.0. The first-order valence-corrected chi connectivity index (χ1v) is 10.8. The Morgan fingerprint density at radius 2 is 2.09 bits per heavy atom. The molecule has 0 saturated heterocycles. The smallest absolute Gasteiger partial charge is 0.238 e. The molecule has 4 rings (SSSR count). The van der Waals surface area contributed by atoms with Crippen molar-refractivity contribution in [3.63, 3.8) is 0 Å². The van der Waals surface area contributed by atoms with E-state index >= 15 is 0 Å². The molecule has 0 aliphatic rings. The molecule has 0 saturated carbocycles. The number of aryl methyl sites for hydroxylation is 1. The molecule has 0 atom stereocenters. The van der Waals surface area contributed by atoms with E-state index in [1.165, 1.54) is 11.8 Å². The Balaban J connectivity index is 1.45. The fraction of sp³-hybridized carbons (Fsp3) is 0.238.